The zero-order valence-electron chi connectivity index (χ0n) is 26.1. The molecule has 0 aliphatic rings. The average molecular weight is 639 g/mol. The molecule has 5 rings (SSSR count). The highest BCUT2D eigenvalue weighted by Gasteiger charge is 2.20. The number of carbonyl (C=O) groups excluding carboxylic acids is 2. The number of hydrogen-bond acceptors (Lipinski definition) is 5. The van der Waals surface area contributed by atoms with Crippen molar-refractivity contribution in [2.75, 3.05) is 12.4 Å². The number of benzene rings is 4. The lowest BCUT2D eigenvalue weighted by molar-refractivity contribution is 0.103. The molecule has 1 aromatic heterocycles. The molecule has 0 fully saturated rings. The van der Waals surface area contributed by atoms with Crippen LogP contribution < -0.4 is 0 Å². The first-order chi connectivity index (χ1) is 21.9. The van der Waals surface area contributed by atoms with Gasteiger partial charge in [0.15, 0.2) is 5.78 Å². The number of hydrogen-bond donors (Lipinski definition) is 0. The Morgan fingerprint density at radius 3 is 2.22 bits per heavy atom. The van der Waals surface area contributed by atoms with E-state index >= 15 is 0 Å². The summed E-state index contributed by atoms with van der Waals surface area (Å²) in [4.78, 5) is 34.2. The third kappa shape index (κ3) is 7.69. The highest BCUT2D eigenvalue weighted by molar-refractivity contribution is 7.99. The molecule has 0 saturated carbocycles. The number of aromatic nitrogens is 1. The summed E-state index contributed by atoms with van der Waals surface area (Å²) in [5, 5.41) is 6.95. The smallest absolute Gasteiger partial charge is 0.210 e. The Bertz CT molecular complexity index is 1840. The Hall–Kier alpha value is -3.87. The molecular formula is C38H39ClN2O3S. The van der Waals surface area contributed by atoms with Gasteiger partial charge < -0.3 is 9.40 Å². The maximum Gasteiger partial charge on any atom is 0.210 e. The van der Waals surface area contributed by atoms with Gasteiger partial charge in [0.1, 0.15) is 12.3 Å². The minimum atomic E-state index is -0.147. The molecule has 0 unspecified atom stereocenters. The van der Waals surface area contributed by atoms with E-state index in [0.29, 0.717) is 46.2 Å². The molecule has 0 spiro atoms. The summed E-state index contributed by atoms with van der Waals surface area (Å²) in [6.45, 7) is 7.48. The van der Waals surface area contributed by atoms with E-state index in [0.717, 1.165) is 64.5 Å². The molecule has 7 heteroatoms. The molecule has 5 nitrogen and oxygen atoms in total. The van der Waals surface area contributed by atoms with Gasteiger partial charge in [0.05, 0.1) is 0 Å². The zero-order chi connectivity index (χ0) is 31.8. The van der Waals surface area contributed by atoms with Crippen molar-refractivity contribution in [3.05, 3.63) is 112 Å². The quantitative estimate of drug-likeness (QED) is 0.0376. The Morgan fingerprint density at radius 1 is 0.844 bits per heavy atom. The first-order valence-electron chi connectivity index (χ1n) is 15.7. The number of carbonyl (C=O) groups is 2. The standard InChI is InChI=1S/C38H39ClN2O3S/c1-4-6-7-10-22-44-40-34(21-23-45-30-17-15-29(39)16-18-30)38(43)28-14-20-36-33(25-28)32-24-27(13-19-35(32)41(36)5-2)37(42)31-12-9-8-11-26(31)3/h8-9,11-20,24-25H,4-7,10,21-23H2,1-3H3. The number of nitrogens with zero attached hydrogens (tertiary/aromatic N) is 2. The second-order valence-electron chi connectivity index (χ2n) is 11.2. The van der Waals surface area contributed by atoms with E-state index in [2.05, 4.69) is 23.6 Å². The van der Waals surface area contributed by atoms with Gasteiger partial charge in [-0.1, -0.05) is 60.8 Å². The fraction of sp³-hybridized carbons (Fsp3) is 0.289. The molecule has 0 saturated heterocycles. The van der Waals surface area contributed by atoms with E-state index in [4.69, 9.17) is 16.4 Å². The summed E-state index contributed by atoms with van der Waals surface area (Å²) < 4.78 is 2.22. The van der Waals surface area contributed by atoms with Gasteiger partial charge in [-0.05, 0) is 92.9 Å². The van der Waals surface area contributed by atoms with Crippen LogP contribution in [0.4, 0.5) is 0 Å². The molecule has 0 atom stereocenters. The van der Waals surface area contributed by atoms with Crippen molar-refractivity contribution in [1.82, 2.24) is 4.57 Å². The summed E-state index contributed by atoms with van der Waals surface area (Å²) in [6.07, 6.45) is 4.75. The van der Waals surface area contributed by atoms with Crippen molar-refractivity contribution in [3.8, 4) is 0 Å². The van der Waals surface area contributed by atoms with Crippen molar-refractivity contribution in [3.63, 3.8) is 0 Å². The van der Waals surface area contributed by atoms with Crippen LogP contribution in [0.2, 0.25) is 5.02 Å². The summed E-state index contributed by atoms with van der Waals surface area (Å²) in [6, 6.07) is 27.0. The van der Waals surface area contributed by atoms with Crippen LogP contribution >= 0.6 is 23.4 Å². The molecule has 4 aromatic carbocycles. The molecule has 232 valence electrons. The van der Waals surface area contributed by atoms with E-state index in [9.17, 15) is 9.59 Å². The predicted octanol–water partition coefficient (Wildman–Crippen LogP) is 10.3. The Kier molecular flexibility index (Phi) is 11.1. The van der Waals surface area contributed by atoms with Crippen molar-refractivity contribution in [2.24, 2.45) is 5.16 Å². The van der Waals surface area contributed by atoms with E-state index < -0.39 is 0 Å². The summed E-state index contributed by atoms with van der Waals surface area (Å²) in [5.74, 6) is 0.516. The highest BCUT2D eigenvalue weighted by atomic mass is 35.5. The first kappa shape index (κ1) is 32.5. The lowest BCUT2D eigenvalue weighted by Crippen LogP contribution is -2.16. The SMILES string of the molecule is CCCCCCON=C(CCSc1ccc(Cl)cc1)C(=O)c1ccc2c(c1)c1cc(C(=O)c3ccccc3C)ccc1n2CC. The average Bonchev–Trinajstić information content (AvgIpc) is 3.38. The van der Waals surface area contributed by atoms with Crippen LogP contribution in [0.25, 0.3) is 21.8 Å². The van der Waals surface area contributed by atoms with Crippen LogP contribution in [0.5, 0.6) is 0 Å². The zero-order valence-corrected chi connectivity index (χ0v) is 27.7. The molecule has 0 amide bonds. The van der Waals surface area contributed by atoms with Crippen molar-refractivity contribution < 1.29 is 14.4 Å². The van der Waals surface area contributed by atoms with E-state index in [1.165, 1.54) is 0 Å². The maximum absolute atomic E-state index is 14.0. The molecule has 45 heavy (non-hydrogen) atoms. The minimum Gasteiger partial charge on any atom is -0.395 e. The van der Waals surface area contributed by atoms with E-state index in [1.807, 2.05) is 91.9 Å². The molecule has 5 aromatic rings. The number of ketones is 2. The third-order valence-electron chi connectivity index (χ3n) is 8.04. The summed E-state index contributed by atoms with van der Waals surface area (Å²) in [5.41, 5.74) is 5.27. The van der Waals surface area contributed by atoms with Gasteiger partial charge in [-0.25, -0.2) is 0 Å². The Labute approximate surface area is 274 Å². The number of thioether (sulfide) groups is 1. The number of Topliss-reactive ketones (excluding diaryl/α,β-unsaturated/α-hetero) is 1. The summed E-state index contributed by atoms with van der Waals surface area (Å²) in [7, 11) is 0. The predicted molar refractivity (Wildman–Crippen MR) is 188 cm³/mol. The fourth-order valence-corrected chi connectivity index (χ4v) is 6.58. The van der Waals surface area contributed by atoms with Gasteiger partial charge in [-0.2, -0.15) is 0 Å². The van der Waals surface area contributed by atoms with Crippen LogP contribution in [0.15, 0.2) is 95.0 Å². The van der Waals surface area contributed by atoms with Gasteiger partial charge in [0.2, 0.25) is 5.78 Å². The van der Waals surface area contributed by atoms with Crippen molar-refractivity contribution in [2.45, 2.75) is 64.3 Å². The molecule has 0 aliphatic heterocycles. The van der Waals surface area contributed by atoms with Gasteiger partial charge in [0, 0.05) is 67.1 Å². The van der Waals surface area contributed by atoms with Crippen molar-refractivity contribution >= 4 is 62.4 Å². The lowest BCUT2D eigenvalue weighted by atomic mass is 9.97. The normalized spacial score (nSPS) is 11.8. The van der Waals surface area contributed by atoms with E-state index in [1.54, 1.807) is 11.8 Å². The number of aryl methyl sites for hydroxylation is 2. The van der Waals surface area contributed by atoms with Crippen LogP contribution in [-0.4, -0.2) is 34.2 Å². The number of fused-ring (bicyclic) bond motifs is 3. The van der Waals surface area contributed by atoms with Gasteiger partial charge in [0.25, 0.3) is 0 Å². The molecule has 1 heterocycles. The molecule has 0 N–H and O–H groups in total. The Balaban J connectivity index is 1.45. The third-order valence-corrected chi connectivity index (χ3v) is 9.31. The topological polar surface area (TPSA) is 60.7 Å². The van der Waals surface area contributed by atoms with Gasteiger partial charge in [-0.15, -0.1) is 11.8 Å². The van der Waals surface area contributed by atoms with Crippen LogP contribution in [0.3, 0.4) is 0 Å². The lowest BCUT2D eigenvalue weighted by Gasteiger charge is -2.08. The van der Waals surface area contributed by atoms with E-state index in [-0.39, 0.29) is 11.6 Å². The number of oxime groups is 1. The maximum atomic E-state index is 14.0. The van der Waals surface area contributed by atoms with Crippen molar-refractivity contribution in [1.29, 1.82) is 0 Å². The number of rotatable bonds is 15. The first-order valence-corrected chi connectivity index (χ1v) is 17.1. The van der Waals surface area contributed by atoms with Crippen LogP contribution in [0.1, 0.15) is 77.8 Å². The van der Waals surface area contributed by atoms with Crippen LogP contribution in [0, 0.1) is 6.92 Å². The molecule has 0 aliphatic carbocycles. The monoisotopic (exact) mass is 638 g/mol. The van der Waals surface area contributed by atoms with Crippen LogP contribution in [-0.2, 0) is 11.4 Å². The number of halogens is 1. The Morgan fingerprint density at radius 2 is 1.53 bits per heavy atom. The van der Waals surface area contributed by atoms with Gasteiger partial charge >= 0.3 is 0 Å². The number of unbranched alkanes of at least 4 members (excludes halogenated alkanes) is 3. The molecule has 0 bridgehead atoms. The highest BCUT2D eigenvalue weighted by Crippen LogP contribution is 2.32. The molecule has 0 radical (unpaired) electrons. The fourth-order valence-electron chi connectivity index (χ4n) is 5.59. The molecular weight excluding hydrogens is 600 g/mol. The second kappa shape index (κ2) is 15.4. The van der Waals surface area contributed by atoms with Gasteiger partial charge in [-0.3, -0.25) is 9.59 Å². The minimum absolute atomic E-state index is 0.0108. The largest absolute Gasteiger partial charge is 0.395 e. The summed E-state index contributed by atoms with van der Waals surface area (Å²) >= 11 is 7.70. The second-order valence-corrected chi connectivity index (χ2v) is 12.8.